The van der Waals surface area contributed by atoms with Gasteiger partial charge in [-0.15, -0.1) is 0 Å². The average Bonchev–Trinajstić information content (AvgIpc) is 2.75. The Bertz CT molecular complexity index is 576. The minimum atomic E-state index is -0.213. The lowest BCUT2D eigenvalue weighted by Gasteiger charge is -2.20. The summed E-state index contributed by atoms with van der Waals surface area (Å²) in [6, 6.07) is 4.92. The van der Waals surface area contributed by atoms with Crippen LogP contribution in [0.1, 0.15) is 51.0 Å². The fourth-order valence-corrected chi connectivity index (χ4v) is 2.64. The van der Waals surface area contributed by atoms with E-state index in [1.807, 2.05) is 6.92 Å². The molecule has 0 saturated heterocycles. The number of nitrogens with one attached hydrogen (secondary N) is 1. The zero-order valence-corrected chi connectivity index (χ0v) is 12.8. The van der Waals surface area contributed by atoms with Gasteiger partial charge in [-0.2, -0.15) is 0 Å². The molecular weight excluding hydrogens is 253 g/mol. The minimum absolute atomic E-state index is 0.199. The van der Waals surface area contributed by atoms with Gasteiger partial charge < -0.3 is 9.73 Å². The van der Waals surface area contributed by atoms with Gasteiger partial charge in [0.25, 0.3) is 0 Å². The minimum Gasteiger partial charge on any atom is -0.459 e. The van der Waals surface area contributed by atoms with E-state index in [1.54, 1.807) is 12.1 Å². The molecule has 110 valence electrons. The van der Waals surface area contributed by atoms with Crippen LogP contribution in [0.3, 0.4) is 0 Å². The third-order valence-electron chi connectivity index (χ3n) is 4.04. The van der Waals surface area contributed by atoms with Crippen molar-refractivity contribution in [2.75, 3.05) is 6.54 Å². The zero-order chi connectivity index (χ0) is 14.7. The van der Waals surface area contributed by atoms with Crippen molar-refractivity contribution >= 4 is 11.0 Å². The molecule has 2 unspecified atom stereocenters. The van der Waals surface area contributed by atoms with Crippen molar-refractivity contribution in [1.29, 1.82) is 0 Å². The molecule has 0 amide bonds. The molecule has 0 aliphatic rings. The number of hydrogen-bond acceptors (Lipinski definition) is 2. The monoisotopic (exact) mass is 277 g/mol. The number of fused-ring (bicyclic) bond motifs is 1. The van der Waals surface area contributed by atoms with Gasteiger partial charge >= 0.3 is 0 Å². The van der Waals surface area contributed by atoms with Crippen LogP contribution in [0.2, 0.25) is 0 Å². The van der Waals surface area contributed by atoms with Crippen molar-refractivity contribution in [3.05, 3.63) is 35.3 Å². The van der Waals surface area contributed by atoms with Crippen LogP contribution in [0.5, 0.6) is 0 Å². The molecule has 2 rings (SSSR count). The summed E-state index contributed by atoms with van der Waals surface area (Å²) >= 11 is 0. The second kappa shape index (κ2) is 6.40. The molecule has 1 aromatic heterocycles. The molecule has 0 radical (unpaired) electrons. The maximum absolute atomic E-state index is 13.4. The van der Waals surface area contributed by atoms with Crippen LogP contribution in [0.15, 0.2) is 22.6 Å². The topological polar surface area (TPSA) is 25.2 Å². The lowest BCUT2D eigenvalue weighted by atomic mass is 9.96. The van der Waals surface area contributed by atoms with Crippen LogP contribution in [-0.2, 0) is 0 Å². The quantitative estimate of drug-likeness (QED) is 0.806. The fourth-order valence-electron chi connectivity index (χ4n) is 2.64. The zero-order valence-electron chi connectivity index (χ0n) is 12.8. The van der Waals surface area contributed by atoms with Crippen LogP contribution < -0.4 is 5.32 Å². The van der Waals surface area contributed by atoms with E-state index in [2.05, 4.69) is 26.1 Å². The molecule has 0 aliphatic carbocycles. The number of furan rings is 1. The van der Waals surface area contributed by atoms with E-state index in [0.717, 1.165) is 41.7 Å². The summed E-state index contributed by atoms with van der Waals surface area (Å²) in [7, 11) is 0. The largest absolute Gasteiger partial charge is 0.459 e. The molecular formula is C17H24FNO. The molecule has 1 heterocycles. The molecule has 0 spiro atoms. The van der Waals surface area contributed by atoms with E-state index in [4.69, 9.17) is 4.42 Å². The fraction of sp³-hybridized carbons (Fsp3) is 0.529. The number of hydrogen-bond donors (Lipinski definition) is 1. The van der Waals surface area contributed by atoms with Crippen molar-refractivity contribution in [3.8, 4) is 0 Å². The van der Waals surface area contributed by atoms with Crippen molar-refractivity contribution in [3.63, 3.8) is 0 Å². The summed E-state index contributed by atoms with van der Waals surface area (Å²) in [6.45, 7) is 9.46. The summed E-state index contributed by atoms with van der Waals surface area (Å²) < 4.78 is 19.4. The first-order chi connectivity index (χ1) is 9.56. The van der Waals surface area contributed by atoms with E-state index >= 15 is 0 Å². The maximum Gasteiger partial charge on any atom is 0.134 e. The van der Waals surface area contributed by atoms with Gasteiger partial charge in [-0.05, 0) is 44.0 Å². The Morgan fingerprint density at radius 1 is 1.30 bits per heavy atom. The smallest absolute Gasteiger partial charge is 0.134 e. The van der Waals surface area contributed by atoms with E-state index in [9.17, 15) is 4.39 Å². The molecule has 0 bridgehead atoms. The molecule has 1 aromatic carbocycles. The van der Waals surface area contributed by atoms with E-state index < -0.39 is 0 Å². The third-order valence-corrected chi connectivity index (χ3v) is 4.04. The van der Waals surface area contributed by atoms with Gasteiger partial charge in [-0.1, -0.05) is 27.2 Å². The summed E-state index contributed by atoms with van der Waals surface area (Å²) in [5, 5.41) is 4.37. The van der Waals surface area contributed by atoms with Crippen LogP contribution in [-0.4, -0.2) is 6.54 Å². The first-order valence-corrected chi connectivity index (χ1v) is 7.48. The van der Waals surface area contributed by atoms with Crippen LogP contribution >= 0.6 is 0 Å². The van der Waals surface area contributed by atoms with Crippen molar-refractivity contribution < 1.29 is 8.81 Å². The van der Waals surface area contributed by atoms with Crippen molar-refractivity contribution in [1.82, 2.24) is 5.32 Å². The van der Waals surface area contributed by atoms with Gasteiger partial charge in [0.15, 0.2) is 0 Å². The van der Waals surface area contributed by atoms with Crippen LogP contribution in [0, 0.1) is 18.7 Å². The second-order valence-corrected chi connectivity index (χ2v) is 5.59. The highest BCUT2D eigenvalue weighted by Gasteiger charge is 2.21. The lowest BCUT2D eigenvalue weighted by molar-refractivity contribution is 0.358. The molecule has 2 aromatic rings. The Labute approximate surface area is 120 Å². The predicted octanol–water partition coefficient (Wildman–Crippen LogP) is 4.97. The molecule has 2 atom stereocenters. The number of benzene rings is 1. The predicted molar refractivity (Wildman–Crippen MR) is 81.4 cm³/mol. The Balaban J connectivity index is 2.39. The van der Waals surface area contributed by atoms with Crippen LogP contribution in [0.25, 0.3) is 11.0 Å². The van der Waals surface area contributed by atoms with Gasteiger partial charge in [0, 0.05) is 10.9 Å². The van der Waals surface area contributed by atoms with Gasteiger partial charge in [0.2, 0.25) is 0 Å². The molecule has 0 fully saturated rings. The molecule has 20 heavy (non-hydrogen) atoms. The maximum atomic E-state index is 13.4. The number of rotatable bonds is 6. The van der Waals surface area contributed by atoms with Crippen molar-refractivity contribution in [2.24, 2.45) is 5.92 Å². The van der Waals surface area contributed by atoms with Gasteiger partial charge in [-0.25, -0.2) is 4.39 Å². The summed E-state index contributed by atoms with van der Waals surface area (Å²) in [4.78, 5) is 0. The van der Waals surface area contributed by atoms with Crippen LogP contribution in [0.4, 0.5) is 4.39 Å². The van der Waals surface area contributed by atoms with E-state index in [1.165, 1.54) is 6.07 Å². The first-order valence-electron chi connectivity index (χ1n) is 7.48. The highest BCUT2D eigenvalue weighted by Crippen LogP contribution is 2.33. The number of aryl methyl sites for hydroxylation is 1. The Morgan fingerprint density at radius 3 is 2.70 bits per heavy atom. The average molecular weight is 277 g/mol. The molecule has 3 heteroatoms. The van der Waals surface area contributed by atoms with Gasteiger partial charge in [-0.3, -0.25) is 0 Å². The SMILES string of the molecule is CCNC(CC(C)CC)c1oc2ccc(F)cc2c1C. The van der Waals surface area contributed by atoms with E-state index in [-0.39, 0.29) is 11.9 Å². The highest BCUT2D eigenvalue weighted by molar-refractivity contribution is 5.82. The van der Waals surface area contributed by atoms with Gasteiger partial charge in [0.05, 0.1) is 6.04 Å². The summed E-state index contributed by atoms with van der Waals surface area (Å²) in [5.74, 6) is 1.37. The standard InChI is InChI=1S/C17H24FNO/c1-5-11(3)9-15(19-6-2)17-12(4)14-10-13(18)7-8-16(14)20-17/h7-8,10-11,15,19H,5-6,9H2,1-4H3. The number of halogens is 1. The molecule has 0 aliphatic heterocycles. The van der Waals surface area contributed by atoms with Gasteiger partial charge in [0.1, 0.15) is 17.2 Å². The molecule has 2 nitrogen and oxygen atoms in total. The molecule has 1 N–H and O–H groups in total. The lowest BCUT2D eigenvalue weighted by Crippen LogP contribution is -2.23. The Kier molecular flexibility index (Phi) is 4.81. The van der Waals surface area contributed by atoms with Crippen molar-refractivity contribution in [2.45, 2.75) is 46.6 Å². The summed E-state index contributed by atoms with van der Waals surface area (Å²) in [6.07, 6.45) is 2.18. The summed E-state index contributed by atoms with van der Waals surface area (Å²) in [5.41, 5.74) is 1.82. The van der Waals surface area contributed by atoms with E-state index in [0.29, 0.717) is 5.92 Å². The first kappa shape index (κ1) is 15.0. The Morgan fingerprint density at radius 2 is 2.05 bits per heavy atom. The highest BCUT2D eigenvalue weighted by atomic mass is 19.1. The third kappa shape index (κ3) is 3.04. The Hall–Kier alpha value is -1.35. The normalized spacial score (nSPS) is 14.7. The molecule has 0 saturated carbocycles. The second-order valence-electron chi connectivity index (χ2n) is 5.59.